The van der Waals surface area contributed by atoms with E-state index in [1.807, 2.05) is 6.07 Å². The lowest BCUT2D eigenvalue weighted by Gasteiger charge is -2.32. The van der Waals surface area contributed by atoms with Crippen LogP contribution >= 0.6 is 0 Å². The molecule has 4 aromatic rings. The second-order valence-electron chi connectivity index (χ2n) is 8.02. The topological polar surface area (TPSA) is 29.0 Å². The Labute approximate surface area is 172 Å². The van der Waals surface area contributed by atoms with Gasteiger partial charge in [-0.2, -0.15) is 0 Å². The molecule has 0 N–H and O–H groups in total. The maximum Gasteiger partial charge on any atom is 0.162 e. The molecular formula is C26H25N3. The van der Waals surface area contributed by atoms with Gasteiger partial charge in [0, 0.05) is 24.0 Å². The second-order valence-corrected chi connectivity index (χ2v) is 8.02. The van der Waals surface area contributed by atoms with Crippen LogP contribution in [-0.4, -0.2) is 23.1 Å². The largest absolute Gasteiger partial charge is 0.356 e. The number of piperidine rings is 1. The Kier molecular flexibility index (Phi) is 4.73. The Balaban J connectivity index is 1.56. The highest BCUT2D eigenvalue weighted by Crippen LogP contribution is 2.31. The highest BCUT2D eigenvalue weighted by atomic mass is 15.2. The van der Waals surface area contributed by atoms with Gasteiger partial charge in [0.2, 0.25) is 0 Å². The minimum Gasteiger partial charge on any atom is -0.356 e. The lowest BCUT2D eigenvalue weighted by Crippen LogP contribution is -2.35. The molecule has 3 heteroatoms. The minimum atomic E-state index is 0.700. The number of nitrogens with zero attached hydrogens (tertiary/aromatic N) is 3. The summed E-state index contributed by atoms with van der Waals surface area (Å²) in [5, 5.41) is 1.14. The molecule has 0 saturated carbocycles. The molecule has 1 unspecified atom stereocenters. The summed E-state index contributed by atoms with van der Waals surface area (Å²) in [6.45, 7) is 4.46. The van der Waals surface area contributed by atoms with E-state index in [9.17, 15) is 0 Å². The Morgan fingerprint density at radius 2 is 1.45 bits per heavy atom. The van der Waals surface area contributed by atoms with Gasteiger partial charge in [-0.1, -0.05) is 73.7 Å². The Hall–Kier alpha value is -3.20. The predicted molar refractivity (Wildman–Crippen MR) is 121 cm³/mol. The summed E-state index contributed by atoms with van der Waals surface area (Å²) in [5.74, 6) is 2.58. The summed E-state index contributed by atoms with van der Waals surface area (Å²) in [4.78, 5) is 12.4. The van der Waals surface area contributed by atoms with Crippen molar-refractivity contribution in [1.29, 1.82) is 0 Å². The van der Waals surface area contributed by atoms with Crippen LogP contribution in [0.25, 0.3) is 33.4 Å². The van der Waals surface area contributed by atoms with Crippen LogP contribution in [0.4, 0.5) is 5.82 Å². The molecule has 0 bridgehead atoms. The number of benzene rings is 3. The number of hydrogen-bond donors (Lipinski definition) is 0. The summed E-state index contributed by atoms with van der Waals surface area (Å²) in [6.07, 6.45) is 2.52. The average Bonchev–Trinajstić information content (AvgIpc) is 2.79. The first-order valence-electron chi connectivity index (χ1n) is 10.5. The van der Waals surface area contributed by atoms with E-state index in [-0.39, 0.29) is 0 Å². The molecule has 29 heavy (non-hydrogen) atoms. The van der Waals surface area contributed by atoms with Gasteiger partial charge in [-0.15, -0.1) is 0 Å². The van der Waals surface area contributed by atoms with Crippen molar-refractivity contribution in [2.75, 3.05) is 18.0 Å². The van der Waals surface area contributed by atoms with Crippen LogP contribution in [-0.2, 0) is 0 Å². The van der Waals surface area contributed by atoms with E-state index in [2.05, 4.69) is 84.6 Å². The first-order valence-corrected chi connectivity index (χ1v) is 10.5. The molecule has 0 radical (unpaired) electrons. The number of hydrogen-bond acceptors (Lipinski definition) is 3. The van der Waals surface area contributed by atoms with Crippen molar-refractivity contribution in [3.05, 3.63) is 78.9 Å². The number of para-hydroxylation sites is 1. The molecule has 1 aliphatic rings. The number of aromatic nitrogens is 2. The molecule has 144 valence electrons. The third-order valence-electron chi connectivity index (χ3n) is 5.79. The van der Waals surface area contributed by atoms with Crippen LogP contribution in [0, 0.1) is 5.92 Å². The summed E-state index contributed by atoms with van der Waals surface area (Å²) in [7, 11) is 0. The van der Waals surface area contributed by atoms with Crippen LogP contribution in [0.1, 0.15) is 19.8 Å². The Bertz CT molecular complexity index is 1120. The van der Waals surface area contributed by atoms with Crippen LogP contribution in [0.3, 0.4) is 0 Å². The molecule has 3 nitrogen and oxygen atoms in total. The van der Waals surface area contributed by atoms with E-state index in [0.717, 1.165) is 41.2 Å². The fourth-order valence-corrected chi connectivity index (χ4v) is 4.25. The highest BCUT2D eigenvalue weighted by Gasteiger charge is 2.21. The number of fused-ring (bicyclic) bond motifs is 1. The van der Waals surface area contributed by atoms with Gasteiger partial charge in [0.1, 0.15) is 5.82 Å². The van der Waals surface area contributed by atoms with Gasteiger partial charge in [-0.25, -0.2) is 9.97 Å². The van der Waals surface area contributed by atoms with E-state index in [1.54, 1.807) is 0 Å². The smallest absolute Gasteiger partial charge is 0.162 e. The zero-order chi connectivity index (χ0) is 19.6. The molecular weight excluding hydrogens is 354 g/mol. The summed E-state index contributed by atoms with van der Waals surface area (Å²) >= 11 is 0. The van der Waals surface area contributed by atoms with Gasteiger partial charge in [-0.05, 0) is 42.0 Å². The minimum absolute atomic E-state index is 0.700. The quantitative estimate of drug-likeness (QED) is 0.424. The third kappa shape index (κ3) is 3.61. The van der Waals surface area contributed by atoms with E-state index >= 15 is 0 Å². The van der Waals surface area contributed by atoms with Crippen LogP contribution in [0.15, 0.2) is 78.9 Å². The van der Waals surface area contributed by atoms with Gasteiger partial charge >= 0.3 is 0 Å². The third-order valence-corrected chi connectivity index (χ3v) is 5.79. The van der Waals surface area contributed by atoms with Crippen molar-refractivity contribution < 1.29 is 0 Å². The Morgan fingerprint density at radius 1 is 0.759 bits per heavy atom. The van der Waals surface area contributed by atoms with Gasteiger partial charge < -0.3 is 4.90 Å². The zero-order valence-corrected chi connectivity index (χ0v) is 16.8. The van der Waals surface area contributed by atoms with Crippen molar-refractivity contribution in [1.82, 2.24) is 9.97 Å². The highest BCUT2D eigenvalue weighted by molar-refractivity contribution is 5.91. The lowest BCUT2D eigenvalue weighted by molar-refractivity contribution is 0.445. The fourth-order valence-electron chi connectivity index (χ4n) is 4.25. The Morgan fingerprint density at radius 3 is 2.24 bits per heavy atom. The van der Waals surface area contributed by atoms with Crippen LogP contribution in [0.5, 0.6) is 0 Å². The predicted octanol–water partition coefficient (Wildman–Crippen LogP) is 6.20. The molecule has 0 aliphatic carbocycles. The monoisotopic (exact) mass is 379 g/mol. The average molecular weight is 380 g/mol. The SMILES string of the molecule is CC1CCCN(c2nc(-c3ccc(-c4ccccc4)cc3)nc3ccccc23)C1. The molecule has 2 heterocycles. The van der Waals surface area contributed by atoms with E-state index in [0.29, 0.717) is 5.92 Å². The fraction of sp³-hybridized carbons (Fsp3) is 0.231. The molecule has 1 aromatic heterocycles. The summed E-state index contributed by atoms with van der Waals surface area (Å²) in [5.41, 5.74) is 4.50. The molecule has 5 rings (SSSR count). The number of anilines is 1. The molecule has 1 fully saturated rings. The van der Waals surface area contributed by atoms with Crippen LogP contribution in [0.2, 0.25) is 0 Å². The second kappa shape index (κ2) is 7.67. The van der Waals surface area contributed by atoms with E-state index < -0.39 is 0 Å². The molecule has 0 amide bonds. The van der Waals surface area contributed by atoms with Crippen LogP contribution < -0.4 is 4.90 Å². The molecule has 1 aliphatic heterocycles. The number of rotatable bonds is 3. The van der Waals surface area contributed by atoms with E-state index in [4.69, 9.17) is 9.97 Å². The van der Waals surface area contributed by atoms with Crippen molar-refractivity contribution in [3.8, 4) is 22.5 Å². The van der Waals surface area contributed by atoms with Gasteiger partial charge in [0.25, 0.3) is 0 Å². The van der Waals surface area contributed by atoms with Crippen molar-refractivity contribution in [2.24, 2.45) is 5.92 Å². The first kappa shape index (κ1) is 17.9. The maximum atomic E-state index is 5.05. The zero-order valence-electron chi connectivity index (χ0n) is 16.8. The van der Waals surface area contributed by atoms with Crippen molar-refractivity contribution >= 4 is 16.7 Å². The molecule has 0 spiro atoms. The normalized spacial score (nSPS) is 16.9. The summed E-state index contributed by atoms with van der Waals surface area (Å²) in [6, 6.07) is 27.4. The van der Waals surface area contributed by atoms with Gasteiger partial charge in [0.05, 0.1) is 5.52 Å². The molecule has 1 atom stereocenters. The lowest BCUT2D eigenvalue weighted by atomic mass is 10.00. The van der Waals surface area contributed by atoms with Crippen molar-refractivity contribution in [2.45, 2.75) is 19.8 Å². The van der Waals surface area contributed by atoms with Crippen molar-refractivity contribution in [3.63, 3.8) is 0 Å². The maximum absolute atomic E-state index is 5.05. The summed E-state index contributed by atoms with van der Waals surface area (Å²) < 4.78 is 0. The molecule has 1 saturated heterocycles. The molecule has 3 aromatic carbocycles. The van der Waals surface area contributed by atoms with Gasteiger partial charge in [-0.3, -0.25) is 0 Å². The van der Waals surface area contributed by atoms with E-state index in [1.165, 1.54) is 24.0 Å². The van der Waals surface area contributed by atoms with Gasteiger partial charge in [0.15, 0.2) is 5.82 Å². The first-order chi connectivity index (χ1) is 14.3. The standard InChI is InChI=1S/C26H25N3/c1-19-8-7-17-29(18-19)26-23-11-5-6-12-24(23)27-25(28-26)22-15-13-21(14-16-22)20-9-3-2-4-10-20/h2-6,9-16,19H,7-8,17-18H2,1H3.